The average Bonchev–Trinajstić information content (AvgIpc) is 3.01. The standard InChI is InChI=1S/C23H21FN4O2/c1-16-13-19(14-26-27-23(29)11-12-25)17(2)28(16)20-7-9-21(10-8-20)30-15-18-5-3-4-6-22(18)24/h3-10,13-14H,11,15H2,1-2H3,(H,27,29)/b26-14-. The number of aryl methyl sites for hydroxylation is 1. The summed E-state index contributed by atoms with van der Waals surface area (Å²) in [5, 5.41) is 12.4. The Morgan fingerprint density at radius 2 is 1.97 bits per heavy atom. The van der Waals surface area contributed by atoms with Crippen LogP contribution in [0.1, 0.15) is 28.9 Å². The number of nitrogens with one attached hydrogen (secondary N) is 1. The highest BCUT2D eigenvalue weighted by Gasteiger charge is 2.10. The number of aromatic nitrogens is 1. The Hall–Kier alpha value is -3.92. The lowest BCUT2D eigenvalue weighted by Crippen LogP contribution is -2.16. The molecule has 1 aromatic heterocycles. The van der Waals surface area contributed by atoms with E-state index in [0.717, 1.165) is 22.6 Å². The molecule has 0 aliphatic rings. The van der Waals surface area contributed by atoms with Crippen LogP contribution in [0.25, 0.3) is 5.69 Å². The summed E-state index contributed by atoms with van der Waals surface area (Å²) in [6.07, 6.45) is 1.32. The summed E-state index contributed by atoms with van der Waals surface area (Å²) in [6, 6.07) is 17.8. The predicted molar refractivity (Wildman–Crippen MR) is 112 cm³/mol. The molecule has 0 aliphatic heterocycles. The van der Waals surface area contributed by atoms with Gasteiger partial charge in [-0.15, -0.1) is 0 Å². The minimum absolute atomic E-state index is 0.158. The van der Waals surface area contributed by atoms with Gasteiger partial charge in [-0.25, -0.2) is 9.82 Å². The van der Waals surface area contributed by atoms with Gasteiger partial charge in [0.1, 0.15) is 24.6 Å². The largest absolute Gasteiger partial charge is 0.489 e. The van der Waals surface area contributed by atoms with Crippen molar-refractivity contribution in [3.8, 4) is 17.5 Å². The second-order valence-corrected chi connectivity index (χ2v) is 6.66. The maximum atomic E-state index is 13.7. The third kappa shape index (κ3) is 4.92. The van der Waals surface area contributed by atoms with Crippen LogP contribution in [0, 0.1) is 31.0 Å². The first kappa shape index (κ1) is 20.8. The number of benzene rings is 2. The Labute approximate surface area is 174 Å². The molecule has 0 spiro atoms. The van der Waals surface area contributed by atoms with Crippen LogP contribution in [0.15, 0.2) is 59.7 Å². The Kier molecular flexibility index (Phi) is 6.60. The number of nitrogens with zero attached hydrogens (tertiary/aromatic N) is 3. The van der Waals surface area contributed by atoms with Gasteiger partial charge in [0.15, 0.2) is 0 Å². The van der Waals surface area contributed by atoms with Gasteiger partial charge in [0, 0.05) is 28.2 Å². The van der Waals surface area contributed by atoms with Crippen molar-refractivity contribution in [3.05, 3.63) is 82.9 Å². The molecule has 0 saturated carbocycles. The van der Waals surface area contributed by atoms with E-state index in [9.17, 15) is 9.18 Å². The van der Waals surface area contributed by atoms with E-state index in [2.05, 4.69) is 15.1 Å². The molecule has 0 fully saturated rings. The fourth-order valence-electron chi connectivity index (χ4n) is 3.07. The molecule has 1 N–H and O–H groups in total. The highest BCUT2D eigenvalue weighted by Crippen LogP contribution is 2.23. The Morgan fingerprint density at radius 1 is 1.23 bits per heavy atom. The number of rotatable bonds is 7. The molecule has 0 bridgehead atoms. The lowest BCUT2D eigenvalue weighted by molar-refractivity contribution is -0.120. The topological polar surface area (TPSA) is 79.4 Å². The zero-order valence-corrected chi connectivity index (χ0v) is 16.7. The molecular weight excluding hydrogens is 383 g/mol. The zero-order chi connectivity index (χ0) is 21.5. The lowest BCUT2D eigenvalue weighted by atomic mass is 10.2. The van der Waals surface area contributed by atoms with Crippen LogP contribution in [0.3, 0.4) is 0 Å². The predicted octanol–water partition coefficient (Wildman–Crippen LogP) is 4.18. The first-order valence-electron chi connectivity index (χ1n) is 9.34. The number of ether oxygens (including phenoxy) is 1. The lowest BCUT2D eigenvalue weighted by Gasteiger charge is -2.12. The molecule has 30 heavy (non-hydrogen) atoms. The molecule has 1 heterocycles. The summed E-state index contributed by atoms with van der Waals surface area (Å²) in [5.41, 5.74) is 6.57. The Morgan fingerprint density at radius 3 is 2.67 bits per heavy atom. The molecule has 2 aromatic carbocycles. The van der Waals surface area contributed by atoms with Gasteiger partial charge in [-0.2, -0.15) is 10.4 Å². The van der Waals surface area contributed by atoms with Crippen LogP contribution in [0.4, 0.5) is 4.39 Å². The molecule has 0 unspecified atom stereocenters. The van der Waals surface area contributed by atoms with Gasteiger partial charge in [-0.1, -0.05) is 18.2 Å². The minimum atomic E-state index is -0.450. The maximum absolute atomic E-state index is 13.7. The Balaban J connectivity index is 1.71. The van der Waals surface area contributed by atoms with Crippen LogP contribution < -0.4 is 10.2 Å². The molecule has 152 valence electrons. The van der Waals surface area contributed by atoms with Crippen molar-refractivity contribution in [1.82, 2.24) is 9.99 Å². The van der Waals surface area contributed by atoms with Gasteiger partial charge in [-0.3, -0.25) is 4.79 Å². The van der Waals surface area contributed by atoms with Crippen LogP contribution in [0.2, 0.25) is 0 Å². The third-order valence-corrected chi connectivity index (χ3v) is 4.55. The molecule has 6 nitrogen and oxygen atoms in total. The molecule has 3 aromatic rings. The van der Waals surface area contributed by atoms with E-state index < -0.39 is 5.91 Å². The number of hydrogen-bond donors (Lipinski definition) is 1. The van der Waals surface area contributed by atoms with Crippen LogP contribution >= 0.6 is 0 Å². The van der Waals surface area contributed by atoms with Crippen molar-refractivity contribution in [2.24, 2.45) is 5.10 Å². The number of amides is 1. The number of nitriles is 1. The SMILES string of the molecule is Cc1cc(/C=N\NC(=O)CC#N)c(C)n1-c1ccc(OCc2ccccc2F)cc1. The van der Waals surface area contributed by atoms with Crippen LogP contribution in [-0.4, -0.2) is 16.7 Å². The summed E-state index contributed by atoms with van der Waals surface area (Å²) in [6.45, 7) is 4.08. The first-order chi connectivity index (χ1) is 14.5. The molecule has 1 amide bonds. The first-order valence-corrected chi connectivity index (χ1v) is 9.34. The zero-order valence-electron chi connectivity index (χ0n) is 16.7. The molecular formula is C23H21FN4O2. The van der Waals surface area contributed by atoms with Gasteiger partial charge in [-0.05, 0) is 50.2 Å². The second kappa shape index (κ2) is 9.52. The maximum Gasteiger partial charge on any atom is 0.254 e. The number of carbonyl (C=O) groups excluding carboxylic acids is 1. The summed E-state index contributed by atoms with van der Waals surface area (Å²) >= 11 is 0. The van der Waals surface area contributed by atoms with E-state index in [1.165, 1.54) is 6.07 Å². The van der Waals surface area contributed by atoms with Crippen LogP contribution in [-0.2, 0) is 11.4 Å². The number of hydrazone groups is 1. The van der Waals surface area contributed by atoms with E-state index >= 15 is 0 Å². The molecule has 0 atom stereocenters. The van der Waals surface area contributed by atoms with Gasteiger partial charge in [0.2, 0.25) is 0 Å². The van der Waals surface area contributed by atoms with E-state index in [4.69, 9.17) is 10.00 Å². The fraction of sp³-hybridized carbons (Fsp3) is 0.174. The highest BCUT2D eigenvalue weighted by molar-refractivity contribution is 5.84. The van der Waals surface area contributed by atoms with Crippen molar-refractivity contribution in [2.45, 2.75) is 26.9 Å². The van der Waals surface area contributed by atoms with Crippen molar-refractivity contribution in [3.63, 3.8) is 0 Å². The molecule has 0 aliphatic carbocycles. The smallest absolute Gasteiger partial charge is 0.254 e. The molecule has 7 heteroatoms. The van der Waals surface area contributed by atoms with E-state index in [1.54, 1.807) is 30.5 Å². The van der Waals surface area contributed by atoms with Crippen molar-refractivity contribution in [2.75, 3.05) is 0 Å². The fourth-order valence-corrected chi connectivity index (χ4v) is 3.07. The van der Waals surface area contributed by atoms with Gasteiger partial charge < -0.3 is 9.30 Å². The van der Waals surface area contributed by atoms with Crippen LogP contribution in [0.5, 0.6) is 5.75 Å². The molecule has 0 radical (unpaired) electrons. The van der Waals surface area contributed by atoms with Crippen molar-refractivity contribution >= 4 is 12.1 Å². The third-order valence-electron chi connectivity index (χ3n) is 4.55. The van der Waals surface area contributed by atoms with Gasteiger partial charge in [0.25, 0.3) is 5.91 Å². The Bertz CT molecular complexity index is 1110. The summed E-state index contributed by atoms with van der Waals surface area (Å²) in [4.78, 5) is 11.3. The summed E-state index contributed by atoms with van der Waals surface area (Å²) < 4.78 is 21.5. The minimum Gasteiger partial charge on any atom is -0.489 e. The van der Waals surface area contributed by atoms with E-state index in [1.807, 2.05) is 44.2 Å². The number of carbonyl (C=O) groups is 1. The second-order valence-electron chi connectivity index (χ2n) is 6.66. The number of hydrogen-bond acceptors (Lipinski definition) is 4. The number of halogens is 1. The van der Waals surface area contributed by atoms with Gasteiger partial charge in [0.05, 0.1) is 12.3 Å². The average molecular weight is 404 g/mol. The summed E-state index contributed by atoms with van der Waals surface area (Å²) in [5.74, 6) is -0.0919. The van der Waals surface area contributed by atoms with Crippen molar-refractivity contribution < 1.29 is 13.9 Å². The van der Waals surface area contributed by atoms with E-state index in [-0.39, 0.29) is 18.8 Å². The summed E-state index contributed by atoms with van der Waals surface area (Å²) in [7, 11) is 0. The van der Waals surface area contributed by atoms with Crippen molar-refractivity contribution in [1.29, 1.82) is 5.26 Å². The van der Waals surface area contributed by atoms with Gasteiger partial charge >= 0.3 is 0 Å². The quantitative estimate of drug-likeness (QED) is 0.474. The molecule has 0 saturated heterocycles. The molecule has 3 rings (SSSR count). The monoisotopic (exact) mass is 404 g/mol. The van der Waals surface area contributed by atoms with E-state index in [0.29, 0.717) is 11.3 Å². The normalized spacial score (nSPS) is 10.7. The highest BCUT2D eigenvalue weighted by atomic mass is 19.1.